The van der Waals surface area contributed by atoms with Crippen molar-refractivity contribution in [1.82, 2.24) is 5.32 Å². The molecule has 6 nitrogen and oxygen atoms in total. The molecule has 2 amide bonds. The first-order chi connectivity index (χ1) is 10.9. The molecule has 0 spiro atoms. The summed E-state index contributed by atoms with van der Waals surface area (Å²) in [6, 6.07) is 7.79. The minimum absolute atomic E-state index is 0.0427. The van der Waals surface area contributed by atoms with Gasteiger partial charge in [-0.25, -0.2) is 0 Å². The molecule has 0 aliphatic carbocycles. The molecule has 2 N–H and O–H groups in total. The average molecular weight is 318 g/mol. The van der Waals surface area contributed by atoms with Gasteiger partial charge in [0.25, 0.3) is 0 Å². The highest BCUT2D eigenvalue weighted by atomic mass is 16.4. The van der Waals surface area contributed by atoms with Crippen molar-refractivity contribution in [2.75, 3.05) is 18.0 Å². The molecule has 2 rings (SSSR count). The number of carbonyl (C=O) groups is 3. The number of nitrogens with zero attached hydrogens (tertiary/aromatic N) is 1. The number of anilines is 1. The average Bonchev–Trinajstić information content (AvgIpc) is 2.88. The largest absolute Gasteiger partial charge is 0.481 e. The molecule has 1 heterocycles. The molecule has 1 aromatic rings. The smallest absolute Gasteiger partial charge is 0.305 e. The fourth-order valence-electron chi connectivity index (χ4n) is 2.63. The molecule has 1 aliphatic heterocycles. The van der Waals surface area contributed by atoms with Crippen LogP contribution in [0.4, 0.5) is 5.69 Å². The van der Waals surface area contributed by atoms with Crippen LogP contribution in [0.25, 0.3) is 0 Å². The summed E-state index contributed by atoms with van der Waals surface area (Å²) in [6.45, 7) is 4.75. The summed E-state index contributed by atoms with van der Waals surface area (Å²) in [5.41, 5.74) is 1.99. The van der Waals surface area contributed by atoms with Gasteiger partial charge in [0.1, 0.15) is 5.92 Å². The Balaban J connectivity index is 1.98. The minimum atomic E-state index is -0.977. The molecule has 1 saturated heterocycles. The summed E-state index contributed by atoms with van der Waals surface area (Å²) in [6.07, 6.45) is 0.302. The third-order valence-corrected chi connectivity index (χ3v) is 4.03. The summed E-state index contributed by atoms with van der Waals surface area (Å²) in [7, 11) is 0. The van der Waals surface area contributed by atoms with E-state index in [9.17, 15) is 14.4 Å². The van der Waals surface area contributed by atoms with Gasteiger partial charge in [0.15, 0.2) is 0 Å². The van der Waals surface area contributed by atoms with Gasteiger partial charge in [0, 0.05) is 18.8 Å². The van der Waals surface area contributed by atoms with Crippen LogP contribution >= 0.6 is 0 Å². The number of hydrogen-bond acceptors (Lipinski definition) is 3. The number of amides is 2. The van der Waals surface area contributed by atoms with E-state index in [1.807, 2.05) is 24.3 Å². The fourth-order valence-corrected chi connectivity index (χ4v) is 2.63. The Labute approximate surface area is 135 Å². The molecule has 0 saturated carbocycles. The van der Waals surface area contributed by atoms with Crippen LogP contribution < -0.4 is 10.2 Å². The Morgan fingerprint density at radius 3 is 2.52 bits per heavy atom. The lowest BCUT2D eigenvalue weighted by Gasteiger charge is -2.17. The monoisotopic (exact) mass is 318 g/mol. The van der Waals surface area contributed by atoms with Crippen LogP contribution in [-0.4, -0.2) is 36.0 Å². The number of hydrogen-bond donors (Lipinski definition) is 2. The predicted octanol–water partition coefficient (Wildman–Crippen LogP) is 1.75. The van der Waals surface area contributed by atoms with Gasteiger partial charge in [-0.05, 0) is 30.0 Å². The first-order valence-electron chi connectivity index (χ1n) is 7.81. The summed E-state index contributed by atoms with van der Waals surface area (Å²) >= 11 is 0. The number of aliphatic carboxylic acids is 1. The molecular formula is C17H22N2O4. The van der Waals surface area contributed by atoms with Gasteiger partial charge in [-0.3, -0.25) is 14.4 Å². The molecule has 0 bridgehead atoms. The Bertz CT molecular complexity index is 595. The second-order valence-corrected chi connectivity index (χ2v) is 6.01. The highest BCUT2D eigenvalue weighted by Crippen LogP contribution is 2.27. The number of carbonyl (C=O) groups excluding carboxylic acids is 2. The van der Waals surface area contributed by atoms with Crippen LogP contribution in [0.1, 0.15) is 38.2 Å². The number of rotatable bonds is 6. The van der Waals surface area contributed by atoms with Gasteiger partial charge in [-0.1, -0.05) is 26.0 Å². The van der Waals surface area contributed by atoms with Gasteiger partial charge in [0.2, 0.25) is 11.8 Å². The van der Waals surface area contributed by atoms with E-state index in [1.165, 1.54) is 5.56 Å². The maximum Gasteiger partial charge on any atom is 0.305 e. The Morgan fingerprint density at radius 2 is 1.96 bits per heavy atom. The maximum atomic E-state index is 12.4. The Kier molecular flexibility index (Phi) is 5.36. The van der Waals surface area contributed by atoms with Crippen LogP contribution in [0.3, 0.4) is 0 Å². The molecule has 1 unspecified atom stereocenters. The van der Waals surface area contributed by atoms with E-state index < -0.39 is 17.8 Å². The first-order valence-corrected chi connectivity index (χ1v) is 7.81. The van der Waals surface area contributed by atoms with Gasteiger partial charge in [0.05, 0.1) is 6.42 Å². The Morgan fingerprint density at radius 1 is 1.30 bits per heavy atom. The highest BCUT2D eigenvalue weighted by Gasteiger charge is 2.37. The van der Waals surface area contributed by atoms with E-state index in [0.717, 1.165) is 5.69 Å². The SMILES string of the molecule is CC(C)c1ccc(N2CCC(C(=O)NCCC(=O)O)C2=O)cc1. The third kappa shape index (κ3) is 4.09. The molecule has 1 aromatic carbocycles. The number of carboxylic acids is 1. The second-order valence-electron chi connectivity index (χ2n) is 6.01. The summed E-state index contributed by atoms with van der Waals surface area (Å²) in [4.78, 5) is 36.5. The summed E-state index contributed by atoms with van der Waals surface area (Å²) in [5.74, 6) is -1.90. The molecular weight excluding hydrogens is 296 g/mol. The molecule has 1 aliphatic rings. The van der Waals surface area contributed by atoms with Crippen molar-refractivity contribution in [3.8, 4) is 0 Å². The standard InChI is InChI=1S/C17H22N2O4/c1-11(2)12-3-5-13(6-4-12)19-10-8-14(17(19)23)16(22)18-9-7-15(20)21/h3-6,11,14H,7-10H2,1-2H3,(H,18,22)(H,20,21). The van der Waals surface area contributed by atoms with E-state index in [0.29, 0.717) is 18.9 Å². The van der Waals surface area contributed by atoms with E-state index in [1.54, 1.807) is 4.90 Å². The lowest BCUT2D eigenvalue weighted by atomic mass is 10.0. The predicted molar refractivity (Wildman–Crippen MR) is 86.3 cm³/mol. The molecule has 0 radical (unpaired) electrons. The lowest BCUT2D eigenvalue weighted by Crippen LogP contribution is -2.37. The molecule has 1 atom stereocenters. The van der Waals surface area contributed by atoms with Crippen LogP contribution in [0.2, 0.25) is 0 Å². The van der Waals surface area contributed by atoms with Crippen molar-refractivity contribution in [3.63, 3.8) is 0 Å². The van der Waals surface area contributed by atoms with Crippen molar-refractivity contribution >= 4 is 23.5 Å². The molecule has 124 valence electrons. The van der Waals surface area contributed by atoms with Crippen molar-refractivity contribution in [2.24, 2.45) is 5.92 Å². The maximum absolute atomic E-state index is 12.4. The summed E-state index contributed by atoms with van der Waals surface area (Å²) < 4.78 is 0. The molecule has 23 heavy (non-hydrogen) atoms. The number of carboxylic acid groups (broad SMARTS) is 1. The van der Waals surface area contributed by atoms with E-state index in [2.05, 4.69) is 19.2 Å². The van der Waals surface area contributed by atoms with Crippen molar-refractivity contribution in [3.05, 3.63) is 29.8 Å². The highest BCUT2D eigenvalue weighted by molar-refractivity contribution is 6.09. The van der Waals surface area contributed by atoms with E-state index in [-0.39, 0.29) is 18.9 Å². The number of nitrogens with one attached hydrogen (secondary N) is 1. The van der Waals surface area contributed by atoms with E-state index >= 15 is 0 Å². The third-order valence-electron chi connectivity index (χ3n) is 4.03. The molecule has 6 heteroatoms. The van der Waals surface area contributed by atoms with Crippen molar-refractivity contribution in [2.45, 2.75) is 32.6 Å². The van der Waals surface area contributed by atoms with Crippen LogP contribution in [0.15, 0.2) is 24.3 Å². The topological polar surface area (TPSA) is 86.7 Å². The normalized spacial score (nSPS) is 17.6. The van der Waals surface area contributed by atoms with Crippen LogP contribution in [0.5, 0.6) is 0 Å². The van der Waals surface area contributed by atoms with Crippen molar-refractivity contribution in [1.29, 1.82) is 0 Å². The quantitative estimate of drug-likeness (QED) is 0.782. The van der Waals surface area contributed by atoms with Gasteiger partial charge in [-0.15, -0.1) is 0 Å². The fraction of sp³-hybridized carbons (Fsp3) is 0.471. The zero-order chi connectivity index (χ0) is 17.0. The zero-order valence-corrected chi connectivity index (χ0v) is 13.4. The number of benzene rings is 1. The Hall–Kier alpha value is -2.37. The van der Waals surface area contributed by atoms with E-state index in [4.69, 9.17) is 5.11 Å². The van der Waals surface area contributed by atoms with Crippen LogP contribution in [0, 0.1) is 5.92 Å². The first kappa shape index (κ1) is 17.0. The summed E-state index contributed by atoms with van der Waals surface area (Å²) in [5, 5.41) is 11.1. The lowest BCUT2D eigenvalue weighted by molar-refractivity contribution is -0.137. The van der Waals surface area contributed by atoms with Crippen molar-refractivity contribution < 1.29 is 19.5 Å². The second kappa shape index (κ2) is 7.26. The van der Waals surface area contributed by atoms with Gasteiger partial charge >= 0.3 is 5.97 Å². The molecule has 1 fully saturated rings. The molecule has 0 aromatic heterocycles. The minimum Gasteiger partial charge on any atom is -0.481 e. The van der Waals surface area contributed by atoms with Gasteiger partial charge in [-0.2, -0.15) is 0 Å². The zero-order valence-electron chi connectivity index (χ0n) is 13.4. The van der Waals surface area contributed by atoms with Crippen LogP contribution in [-0.2, 0) is 14.4 Å². The van der Waals surface area contributed by atoms with Gasteiger partial charge < -0.3 is 15.3 Å².